The highest BCUT2D eigenvalue weighted by Gasteiger charge is 2.10. The summed E-state index contributed by atoms with van der Waals surface area (Å²) in [6.07, 6.45) is 1.08. The van der Waals surface area contributed by atoms with Crippen LogP contribution < -0.4 is 4.74 Å². The van der Waals surface area contributed by atoms with Crippen LogP contribution in [-0.2, 0) is 6.42 Å². The molecule has 0 saturated carbocycles. The fraction of sp³-hybridized carbons (Fsp3) is 0.273. The van der Waals surface area contributed by atoms with Crippen LogP contribution in [0.25, 0.3) is 10.1 Å². The van der Waals surface area contributed by atoms with E-state index in [0.29, 0.717) is 0 Å². The van der Waals surface area contributed by atoms with Crippen molar-refractivity contribution in [1.82, 2.24) is 0 Å². The molecule has 2 aromatic rings. The minimum absolute atomic E-state index is 1.01. The third kappa shape index (κ3) is 1.52. The van der Waals surface area contributed by atoms with Gasteiger partial charge in [0, 0.05) is 10.1 Å². The Hall–Kier alpha value is -0.290. The van der Waals surface area contributed by atoms with E-state index < -0.39 is 0 Å². The Kier molecular flexibility index (Phi) is 2.97. The molecule has 3 heteroatoms. The zero-order chi connectivity index (χ0) is 10.1. The molecule has 14 heavy (non-hydrogen) atoms. The van der Waals surface area contributed by atoms with Crippen LogP contribution in [0.3, 0.4) is 0 Å². The fourth-order valence-corrected chi connectivity index (χ4v) is 3.49. The first-order chi connectivity index (χ1) is 6.77. The van der Waals surface area contributed by atoms with Crippen molar-refractivity contribution < 1.29 is 4.74 Å². The van der Waals surface area contributed by atoms with E-state index in [1.807, 2.05) is 0 Å². The number of halogens is 1. The first-order valence-corrected chi connectivity index (χ1v) is 6.46. The van der Waals surface area contributed by atoms with Gasteiger partial charge in [-0.25, -0.2) is 0 Å². The number of methoxy groups -OCH3 is 1. The Morgan fingerprint density at radius 2 is 2.29 bits per heavy atom. The molecule has 1 aromatic heterocycles. The van der Waals surface area contributed by atoms with Crippen LogP contribution in [0.2, 0.25) is 0 Å². The van der Waals surface area contributed by atoms with Gasteiger partial charge in [0.1, 0.15) is 5.75 Å². The van der Waals surface area contributed by atoms with Gasteiger partial charge in [-0.05, 0) is 52.1 Å². The van der Waals surface area contributed by atoms with Crippen LogP contribution in [0.4, 0.5) is 0 Å². The van der Waals surface area contributed by atoms with Crippen LogP contribution >= 0.6 is 33.9 Å². The van der Waals surface area contributed by atoms with Crippen LogP contribution in [0.1, 0.15) is 12.5 Å². The summed E-state index contributed by atoms with van der Waals surface area (Å²) in [5.41, 5.74) is 1.42. The van der Waals surface area contributed by atoms with Crippen molar-refractivity contribution in [3.8, 4) is 5.75 Å². The summed E-state index contributed by atoms with van der Waals surface area (Å²) in [5.74, 6) is 1.01. The molecular formula is C11H11IOS. The zero-order valence-electron chi connectivity index (χ0n) is 8.13. The third-order valence-corrected chi connectivity index (χ3v) is 4.10. The van der Waals surface area contributed by atoms with E-state index in [1.165, 1.54) is 19.2 Å². The lowest BCUT2D eigenvalue weighted by Gasteiger charge is -2.08. The van der Waals surface area contributed by atoms with E-state index in [1.54, 1.807) is 18.4 Å². The summed E-state index contributed by atoms with van der Waals surface area (Å²) in [7, 11) is 1.74. The van der Waals surface area contributed by atoms with E-state index in [4.69, 9.17) is 4.74 Å². The molecule has 0 aliphatic rings. The van der Waals surface area contributed by atoms with Crippen molar-refractivity contribution in [3.63, 3.8) is 0 Å². The second-order valence-corrected chi connectivity index (χ2v) is 5.15. The summed E-state index contributed by atoms with van der Waals surface area (Å²) in [6.45, 7) is 2.19. The van der Waals surface area contributed by atoms with Gasteiger partial charge in [-0.3, -0.25) is 0 Å². The van der Waals surface area contributed by atoms with Gasteiger partial charge in [-0.15, -0.1) is 11.3 Å². The molecule has 0 radical (unpaired) electrons. The summed E-state index contributed by atoms with van der Waals surface area (Å²) >= 11 is 4.13. The van der Waals surface area contributed by atoms with Gasteiger partial charge in [0.15, 0.2) is 0 Å². The van der Waals surface area contributed by atoms with E-state index in [-0.39, 0.29) is 0 Å². The van der Waals surface area contributed by atoms with E-state index in [0.717, 1.165) is 12.2 Å². The molecule has 0 amide bonds. The largest absolute Gasteiger partial charge is 0.495 e. The minimum Gasteiger partial charge on any atom is -0.495 e. The predicted molar refractivity (Wildman–Crippen MR) is 70.5 cm³/mol. The lowest BCUT2D eigenvalue weighted by Crippen LogP contribution is -1.90. The van der Waals surface area contributed by atoms with E-state index in [9.17, 15) is 0 Å². The average Bonchev–Trinajstić information content (AvgIpc) is 2.65. The van der Waals surface area contributed by atoms with Gasteiger partial charge in [0.05, 0.1) is 10.7 Å². The number of benzene rings is 1. The second-order valence-electron chi connectivity index (χ2n) is 3.07. The minimum atomic E-state index is 1.01. The molecule has 0 atom stereocenters. The molecular weight excluding hydrogens is 307 g/mol. The Labute approximate surface area is 101 Å². The molecule has 0 aliphatic heterocycles. The topological polar surface area (TPSA) is 9.23 Å². The van der Waals surface area contributed by atoms with Crippen LogP contribution in [-0.4, -0.2) is 7.11 Å². The van der Waals surface area contributed by atoms with E-state index in [2.05, 4.69) is 47.0 Å². The molecule has 0 N–H and O–H groups in total. The number of ether oxygens (including phenoxy) is 1. The Morgan fingerprint density at radius 3 is 2.93 bits per heavy atom. The van der Waals surface area contributed by atoms with Crippen molar-refractivity contribution >= 4 is 44.0 Å². The zero-order valence-corrected chi connectivity index (χ0v) is 11.1. The Bertz CT molecular complexity index is 462. The van der Waals surface area contributed by atoms with Gasteiger partial charge in [-0.2, -0.15) is 0 Å². The first kappa shape index (κ1) is 10.2. The van der Waals surface area contributed by atoms with Crippen molar-refractivity contribution in [1.29, 1.82) is 0 Å². The molecule has 0 fully saturated rings. The molecule has 1 aromatic carbocycles. The van der Waals surface area contributed by atoms with Crippen LogP contribution in [0.5, 0.6) is 5.75 Å². The lowest BCUT2D eigenvalue weighted by atomic mass is 10.1. The number of fused-ring (bicyclic) bond motifs is 1. The molecule has 0 spiro atoms. The molecule has 1 nitrogen and oxygen atoms in total. The average molecular weight is 318 g/mol. The first-order valence-electron chi connectivity index (χ1n) is 4.50. The predicted octanol–water partition coefficient (Wildman–Crippen LogP) is 4.08. The monoisotopic (exact) mass is 318 g/mol. The normalized spacial score (nSPS) is 10.8. The smallest absolute Gasteiger partial charge is 0.140 e. The van der Waals surface area contributed by atoms with Gasteiger partial charge in [0.2, 0.25) is 0 Å². The molecule has 2 rings (SSSR count). The van der Waals surface area contributed by atoms with Gasteiger partial charge < -0.3 is 4.74 Å². The highest BCUT2D eigenvalue weighted by atomic mass is 127. The van der Waals surface area contributed by atoms with Crippen LogP contribution in [0.15, 0.2) is 17.5 Å². The number of hydrogen-bond donors (Lipinski definition) is 0. The van der Waals surface area contributed by atoms with Crippen molar-refractivity contribution in [2.75, 3.05) is 7.11 Å². The highest BCUT2D eigenvalue weighted by molar-refractivity contribution is 14.1. The summed E-state index contributed by atoms with van der Waals surface area (Å²) in [6, 6.07) is 4.36. The standard InChI is InChI=1S/C11H11IOS/c1-3-7-6-9(12)10(13-2)8-4-5-14-11(7)8/h4-6H,3H2,1-2H3. The van der Waals surface area contributed by atoms with Gasteiger partial charge in [0.25, 0.3) is 0 Å². The number of rotatable bonds is 2. The molecule has 0 unspecified atom stereocenters. The molecule has 74 valence electrons. The van der Waals surface area contributed by atoms with Gasteiger partial charge >= 0.3 is 0 Å². The Balaban J connectivity index is 2.81. The lowest BCUT2D eigenvalue weighted by molar-refractivity contribution is 0.417. The highest BCUT2D eigenvalue weighted by Crippen LogP contribution is 2.36. The number of thiophene rings is 1. The van der Waals surface area contributed by atoms with Gasteiger partial charge in [-0.1, -0.05) is 6.92 Å². The third-order valence-electron chi connectivity index (χ3n) is 2.30. The molecule has 0 bridgehead atoms. The Morgan fingerprint density at radius 1 is 1.50 bits per heavy atom. The molecule has 1 heterocycles. The van der Waals surface area contributed by atoms with Crippen LogP contribution in [0, 0.1) is 3.57 Å². The maximum absolute atomic E-state index is 5.42. The SMILES string of the molecule is CCc1cc(I)c(OC)c2ccsc12. The number of hydrogen-bond acceptors (Lipinski definition) is 2. The maximum Gasteiger partial charge on any atom is 0.140 e. The summed E-state index contributed by atoms with van der Waals surface area (Å²) in [4.78, 5) is 0. The number of aryl methyl sites for hydroxylation is 1. The fourth-order valence-electron chi connectivity index (χ4n) is 1.62. The maximum atomic E-state index is 5.42. The second kappa shape index (κ2) is 4.06. The van der Waals surface area contributed by atoms with Crippen molar-refractivity contribution in [2.24, 2.45) is 0 Å². The molecule has 0 aliphatic carbocycles. The quantitative estimate of drug-likeness (QED) is 0.758. The van der Waals surface area contributed by atoms with E-state index >= 15 is 0 Å². The summed E-state index contributed by atoms with van der Waals surface area (Å²) in [5, 5.41) is 3.38. The van der Waals surface area contributed by atoms with Crippen molar-refractivity contribution in [2.45, 2.75) is 13.3 Å². The molecule has 0 saturated heterocycles. The summed E-state index contributed by atoms with van der Waals surface area (Å²) < 4.78 is 7.98. The van der Waals surface area contributed by atoms with Crippen molar-refractivity contribution in [3.05, 3.63) is 26.6 Å².